The largest absolute Gasteiger partial charge is 0.372 e. The summed E-state index contributed by atoms with van der Waals surface area (Å²) in [7, 11) is 0. The van der Waals surface area contributed by atoms with Gasteiger partial charge in [0.25, 0.3) is 0 Å². The first-order valence-electron chi connectivity index (χ1n) is 11.3. The Bertz CT molecular complexity index is 793. The van der Waals surface area contributed by atoms with Crippen LogP contribution in [0, 0.1) is 0 Å². The van der Waals surface area contributed by atoms with E-state index in [1.165, 1.54) is 28.8 Å². The highest BCUT2D eigenvalue weighted by atomic mass is 15.1. The summed E-state index contributed by atoms with van der Waals surface area (Å²) in [5, 5.41) is 0. The summed E-state index contributed by atoms with van der Waals surface area (Å²) in [5.74, 6) is 1.18. The van der Waals surface area contributed by atoms with Gasteiger partial charge < -0.3 is 4.90 Å². The van der Waals surface area contributed by atoms with Gasteiger partial charge in [-0.1, -0.05) is 102 Å². The van der Waals surface area contributed by atoms with Gasteiger partial charge in [0.1, 0.15) is 0 Å². The Hall–Kier alpha value is -2.54. The van der Waals surface area contributed by atoms with E-state index < -0.39 is 0 Å². The van der Waals surface area contributed by atoms with Gasteiger partial charge in [0.2, 0.25) is 0 Å². The molecule has 0 aliphatic heterocycles. The molecule has 0 fully saturated rings. The van der Waals surface area contributed by atoms with Crippen molar-refractivity contribution < 1.29 is 0 Å². The van der Waals surface area contributed by atoms with E-state index in [2.05, 4.69) is 108 Å². The highest BCUT2D eigenvalue weighted by molar-refractivity contribution is 5.74. The van der Waals surface area contributed by atoms with Crippen LogP contribution in [0.4, 0.5) is 5.69 Å². The van der Waals surface area contributed by atoms with Crippen LogP contribution in [-0.4, -0.2) is 13.1 Å². The number of benzene rings is 2. The third-order valence-electron chi connectivity index (χ3n) is 5.20. The third-order valence-corrected chi connectivity index (χ3v) is 5.20. The van der Waals surface area contributed by atoms with Crippen LogP contribution in [0.15, 0.2) is 79.9 Å². The van der Waals surface area contributed by atoms with Gasteiger partial charge >= 0.3 is 0 Å². The van der Waals surface area contributed by atoms with Crippen molar-refractivity contribution in [3.05, 3.63) is 96.6 Å². The lowest BCUT2D eigenvalue weighted by Gasteiger charge is -2.22. The lowest BCUT2D eigenvalue weighted by atomic mass is 9.97. The molecular weight excluding hydrogens is 362 g/mol. The average Bonchev–Trinajstić information content (AvgIpc) is 2.76. The number of rotatable bonds is 9. The van der Waals surface area contributed by atoms with E-state index in [0.717, 1.165) is 18.7 Å². The second-order valence-corrected chi connectivity index (χ2v) is 8.17. The fourth-order valence-corrected chi connectivity index (χ4v) is 3.30. The van der Waals surface area contributed by atoms with E-state index in [-0.39, 0.29) is 0 Å². The summed E-state index contributed by atoms with van der Waals surface area (Å²) in [6.07, 6.45) is 6.84. The van der Waals surface area contributed by atoms with E-state index in [0.29, 0.717) is 11.8 Å². The molecule has 0 unspecified atom stereocenters. The number of hydrogen-bond acceptors (Lipinski definition) is 1. The van der Waals surface area contributed by atoms with Gasteiger partial charge in [0, 0.05) is 18.8 Å². The molecule has 2 aromatic rings. The maximum absolute atomic E-state index is 3.81. The van der Waals surface area contributed by atoms with Gasteiger partial charge in [-0.25, -0.2) is 0 Å². The second kappa shape index (κ2) is 13.6. The third kappa shape index (κ3) is 8.06. The molecule has 0 spiro atoms. The van der Waals surface area contributed by atoms with Crippen molar-refractivity contribution in [2.24, 2.45) is 0 Å². The quantitative estimate of drug-likeness (QED) is 0.379. The van der Waals surface area contributed by atoms with Gasteiger partial charge in [-0.3, -0.25) is 0 Å². The normalized spacial score (nSPS) is 11.1. The van der Waals surface area contributed by atoms with Gasteiger partial charge in [-0.05, 0) is 59.6 Å². The summed E-state index contributed by atoms with van der Waals surface area (Å²) in [5.41, 5.74) is 6.45. The molecule has 0 N–H and O–H groups in total. The van der Waals surface area contributed by atoms with Crippen molar-refractivity contribution in [1.82, 2.24) is 0 Å². The zero-order chi connectivity index (χ0) is 22.5. The maximum atomic E-state index is 3.81. The minimum Gasteiger partial charge on any atom is -0.372 e. The second-order valence-electron chi connectivity index (χ2n) is 8.17. The summed E-state index contributed by atoms with van der Waals surface area (Å²) in [4.78, 5) is 2.42. The molecular formula is C29H41N. The summed E-state index contributed by atoms with van der Waals surface area (Å²) >= 11 is 0. The molecule has 0 saturated carbocycles. The molecule has 0 aromatic heterocycles. The molecule has 2 rings (SSSR count). The van der Waals surface area contributed by atoms with Crippen LogP contribution in [0.3, 0.4) is 0 Å². The molecule has 30 heavy (non-hydrogen) atoms. The first kappa shape index (κ1) is 25.5. The van der Waals surface area contributed by atoms with E-state index >= 15 is 0 Å². The van der Waals surface area contributed by atoms with E-state index in [1.807, 2.05) is 12.2 Å². The highest BCUT2D eigenvalue weighted by Gasteiger charge is 2.04. The van der Waals surface area contributed by atoms with Gasteiger partial charge in [0.05, 0.1) is 0 Å². The van der Waals surface area contributed by atoms with Crippen molar-refractivity contribution in [2.45, 2.75) is 59.8 Å². The number of nitrogens with zero attached hydrogens (tertiary/aromatic N) is 1. The Labute approximate surface area is 185 Å². The van der Waals surface area contributed by atoms with Crippen molar-refractivity contribution in [3.8, 4) is 0 Å². The summed E-state index contributed by atoms with van der Waals surface area (Å²) in [6.45, 7) is 23.1. The zero-order valence-electron chi connectivity index (χ0n) is 20.0. The smallest absolute Gasteiger partial charge is 0.0366 e. The minimum absolute atomic E-state index is 0.555. The number of anilines is 1. The molecule has 0 heterocycles. The Balaban J connectivity index is 0.000000300. The summed E-state index contributed by atoms with van der Waals surface area (Å²) in [6, 6.07) is 17.5. The van der Waals surface area contributed by atoms with Gasteiger partial charge in [-0.2, -0.15) is 0 Å². The van der Waals surface area contributed by atoms with Gasteiger partial charge in [0.15, 0.2) is 0 Å². The first-order valence-corrected chi connectivity index (χ1v) is 11.3. The van der Waals surface area contributed by atoms with E-state index in [1.54, 1.807) is 6.08 Å². The summed E-state index contributed by atoms with van der Waals surface area (Å²) < 4.78 is 0. The standard InChI is InChI=1S/C15H18.C14H23N/c1-5-8-13(6-2)15-10-7-9-14(11-15)12(3)4;1-5-11-15(6-2)14-9-7-13(8-10-14)12(3)4/h5-12H,1-2H2,3-4H3;7-10,12H,5-6,11H2,1-4H3/b13-8+;. The van der Waals surface area contributed by atoms with Crippen LogP contribution in [-0.2, 0) is 0 Å². The lowest BCUT2D eigenvalue weighted by molar-refractivity contribution is 0.790. The van der Waals surface area contributed by atoms with Crippen molar-refractivity contribution >= 4 is 11.3 Å². The fourth-order valence-electron chi connectivity index (χ4n) is 3.30. The van der Waals surface area contributed by atoms with Crippen LogP contribution < -0.4 is 4.90 Å². The molecule has 0 aliphatic rings. The topological polar surface area (TPSA) is 3.24 Å². The molecule has 1 nitrogen and oxygen atoms in total. The van der Waals surface area contributed by atoms with Crippen LogP contribution in [0.1, 0.15) is 76.5 Å². The van der Waals surface area contributed by atoms with Crippen LogP contribution in [0.25, 0.3) is 5.57 Å². The average molecular weight is 404 g/mol. The van der Waals surface area contributed by atoms with Crippen LogP contribution in [0.2, 0.25) is 0 Å². The fraction of sp³-hybridized carbons (Fsp3) is 0.379. The van der Waals surface area contributed by atoms with Gasteiger partial charge in [-0.15, -0.1) is 0 Å². The molecule has 0 saturated heterocycles. The first-order chi connectivity index (χ1) is 14.4. The Morgan fingerprint density at radius 1 is 0.900 bits per heavy atom. The Morgan fingerprint density at radius 3 is 2.00 bits per heavy atom. The lowest BCUT2D eigenvalue weighted by Crippen LogP contribution is -2.23. The molecule has 0 radical (unpaired) electrons. The molecule has 162 valence electrons. The molecule has 2 aromatic carbocycles. The minimum atomic E-state index is 0.555. The molecule has 0 amide bonds. The van der Waals surface area contributed by atoms with Crippen LogP contribution >= 0.6 is 0 Å². The predicted molar refractivity (Wildman–Crippen MR) is 138 cm³/mol. The number of hydrogen-bond donors (Lipinski definition) is 0. The van der Waals surface area contributed by atoms with E-state index in [4.69, 9.17) is 0 Å². The van der Waals surface area contributed by atoms with Crippen molar-refractivity contribution in [2.75, 3.05) is 18.0 Å². The maximum Gasteiger partial charge on any atom is 0.0366 e. The Morgan fingerprint density at radius 2 is 1.53 bits per heavy atom. The number of allylic oxidation sites excluding steroid dienone is 4. The highest BCUT2D eigenvalue weighted by Crippen LogP contribution is 2.22. The predicted octanol–water partition coefficient (Wildman–Crippen LogP) is 8.61. The molecule has 1 heteroatoms. The van der Waals surface area contributed by atoms with Crippen molar-refractivity contribution in [1.29, 1.82) is 0 Å². The van der Waals surface area contributed by atoms with Crippen molar-refractivity contribution in [3.63, 3.8) is 0 Å². The van der Waals surface area contributed by atoms with E-state index in [9.17, 15) is 0 Å². The van der Waals surface area contributed by atoms with Crippen LogP contribution in [0.5, 0.6) is 0 Å². The molecule has 0 bridgehead atoms. The molecule has 0 atom stereocenters. The monoisotopic (exact) mass is 403 g/mol. The SMILES string of the molecule is C=C/C=C(\C=C)c1cccc(C(C)C)c1.CCCN(CC)c1ccc(C(C)C)cc1. The molecule has 0 aliphatic carbocycles. The Kier molecular flexibility index (Phi) is 11.6. The zero-order valence-corrected chi connectivity index (χ0v) is 20.0.